The summed E-state index contributed by atoms with van der Waals surface area (Å²) >= 11 is 0. The van der Waals surface area contributed by atoms with Gasteiger partial charge in [-0.2, -0.15) is 0 Å². The zero-order valence-corrected chi connectivity index (χ0v) is 22.9. The molecule has 1 aliphatic heterocycles. The molecule has 0 fully saturated rings. The number of H-pyrrole nitrogens is 1. The fourth-order valence-electron chi connectivity index (χ4n) is 5.15. The number of aromatic nitrogens is 1. The number of benzene rings is 4. The Kier molecular flexibility index (Phi) is 7.23. The van der Waals surface area contributed by atoms with Crippen molar-refractivity contribution in [1.82, 2.24) is 4.98 Å². The van der Waals surface area contributed by atoms with Crippen LogP contribution in [0.4, 0.5) is 11.5 Å². The number of aromatic amines is 1. The van der Waals surface area contributed by atoms with E-state index < -0.39 is 0 Å². The summed E-state index contributed by atoms with van der Waals surface area (Å²) in [7, 11) is 0. The normalized spacial score (nSPS) is 13.8. The molecule has 0 radical (unpaired) electrons. The molecule has 0 atom stereocenters. The molecule has 0 saturated heterocycles. The van der Waals surface area contributed by atoms with E-state index in [4.69, 9.17) is 9.98 Å². The number of anilines is 1. The molecule has 2 heterocycles. The van der Waals surface area contributed by atoms with Crippen molar-refractivity contribution in [3.8, 4) is 22.4 Å². The lowest BCUT2D eigenvalue weighted by Gasteiger charge is -2.21. The van der Waals surface area contributed by atoms with Crippen molar-refractivity contribution < 1.29 is 0 Å². The van der Waals surface area contributed by atoms with Gasteiger partial charge in [-0.3, -0.25) is 0 Å². The van der Waals surface area contributed by atoms with Crippen LogP contribution in [0.2, 0.25) is 0 Å². The molecule has 5 aromatic rings. The summed E-state index contributed by atoms with van der Waals surface area (Å²) in [6, 6.07) is 42.0. The molecule has 1 N–H and O–H groups in total. The average molecular weight is 521 g/mol. The quantitative estimate of drug-likeness (QED) is 0.218. The number of aliphatic imine (C=N–C) groups is 2. The molecule has 6 rings (SSSR count). The second kappa shape index (κ2) is 11.4. The zero-order chi connectivity index (χ0) is 27.3. The van der Waals surface area contributed by atoms with E-state index in [0.717, 1.165) is 63.7 Å². The maximum Gasteiger partial charge on any atom is 0.162 e. The molecule has 196 valence electrons. The van der Waals surface area contributed by atoms with Crippen LogP contribution < -0.4 is 4.90 Å². The summed E-state index contributed by atoms with van der Waals surface area (Å²) < 4.78 is 0. The Labute approximate surface area is 236 Å². The number of nitrogens with one attached hydrogen (secondary N) is 1. The van der Waals surface area contributed by atoms with E-state index in [2.05, 4.69) is 121 Å². The summed E-state index contributed by atoms with van der Waals surface area (Å²) in [5.74, 6) is 1.50. The zero-order valence-electron chi connectivity index (χ0n) is 22.9. The second-order valence-electron chi connectivity index (χ2n) is 9.75. The van der Waals surface area contributed by atoms with Gasteiger partial charge in [0, 0.05) is 41.2 Å². The predicted octanol–water partition coefficient (Wildman–Crippen LogP) is 8.81. The Balaban J connectivity index is 1.46. The lowest BCUT2D eigenvalue weighted by atomic mass is 10.0. The van der Waals surface area contributed by atoms with Crippen LogP contribution in [0.25, 0.3) is 28.0 Å². The SMILES string of the molecule is CCN(CC)c1ccc(-c2cc(-c3ccccc3)c(N=C3N=C(c4ccccc4)C=C3c3ccccc3)[nH]2)cc1. The molecule has 0 spiro atoms. The molecule has 1 aliphatic rings. The summed E-state index contributed by atoms with van der Waals surface area (Å²) in [4.78, 5) is 16.2. The highest BCUT2D eigenvalue weighted by Gasteiger charge is 2.21. The first-order valence-corrected chi connectivity index (χ1v) is 13.9. The molecular formula is C36H32N4. The van der Waals surface area contributed by atoms with Crippen molar-refractivity contribution in [2.45, 2.75) is 13.8 Å². The lowest BCUT2D eigenvalue weighted by Crippen LogP contribution is -2.21. The molecule has 0 amide bonds. The molecular weight excluding hydrogens is 488 g/mol. The van der Waals surface area contributed by atoms with Crippen LogP contribution in [0.3, 0.4) is 0 Å². The first-order chi connectivity index (χ1) is 19.7. The van der Waals surface area contributed by atoms with Gasteiger partial charge in [0.15, 0.2) is 5.84 Å². The summed E-state index contributed by atoms with van der Waals surface area (Å²) in [5.41, 5.74) is 9.64. The summed E-state index contributed by atoms with van der Waals surface area (Å²) in [6.45, 7) is 6.35. The van der Waals surface area contributed by atoms with Gasteiger partial charge in [-0.15, -0.1) is 0 Å². The number of hydrogen-bond donors (Lipinski definition) is 1. The number of nitrogens with zero attached hydrogens (tertiary/aromatic N) is 3. The van der Waals surface area contributed by atoms with Gasteiger partial charge < -0.3 is 9.88 Å². The maximum atomic E-state index is 5.18. The second-order valence-corrected chi connectivity index (χ2v) is 9.75. The van der Waals surface area contributed by atoms with Crippen molar-refractivity contribution in [2.24, 2.45) is 9.98 Å². The highest BCUT2D eigenvalue weighted by Crippen LogP contribution is 2.37. The fourth-order valence-corrected chi connectivity index (χ4v) is 5.15. The van der Waals surface area contributed by atoms with E-state index >= 15 is 0 Å². The van der Waals surface area contributed by atoms with Gasteiger partial charge in [-0.05, 0) is 54.8 Å². The Hall–Kier alpha value is -4.96. The summed E-state index contributed by atoms with van der Waals surface area (Å²) in [6.07, 6.45) is 2.14. The minimum atomic E-state index is 0.701. The Bertz CT molecular complexity index is 1670. The highest BCUT2D eigenvalue weighted by atomic mass is 15.1. The molecule has 0 bridgehead atoms. The molecule has 0 unspecified atom stereocenters. The Morgan fingerprint density at radius 1 is 0.650 bits per heavy atom. The standard InChI is InChI=1S/C36H32N4/c1-3-40(4-2)30-22-20-29(21-23-30)34-25-32(27-16-10-6-11-17-27)36(38-34)39-35-31(26-14-8-5-9-15-26)24-33(37-35)28-18-12-7-13-19-28/h5-25,38H,3-4H2,1-2H3. The maximum absolute atomic E-state index is 5.18. The first kappa shape index (κ1) is 25.3. The van der Waals surface area contributed by atoms with Crippen LogP contribution in [0.5, 0.6) is 0 Å². The van der Waals surface area contributed by atoms with Gasteiger partial charge in [0.2, 0.25) is 0 Å². The molecule has 4 heteroatoms. The molecule has 40 heavy (non-hydrogen) atoms. The van der Waals surface area contributed by atoms with Crippen molar-refractivity contribution in [2.75, 3.05) is 18.0 Å². The van der Waals surface area contributed by atoms with E-state index in [-0.39, 0.29) is 0 Å². The molecule has 4 aromatic carbocycles. The number of hydrogen-bond acceptors (Lipinski definition) is 2. The van der Waals surface area contributed by atoms with E-state index in [0.29, 0.717) is 5.84 Å². The van der Waals surface area contributed by atoms with Crippen LogP contribution in [0, 0.1) is 0 Å². The smallest absolute Gasteiger partial charge is 0.162 e. The lowest BCUT2D eigenvalue weighted by molar-refractivity contribution is 0.866. The largest absolute Gasteiger partial charge is 0.372 e. The summed E-state index contributed by atoms with van der Waals surface area (Å²) in [5, 5.41) is 0. The number of amidine groups is 1. The van der Waals surface area contributed by atoms with E-state index in [1.807, 2.05) is 30.3 Å². The number of allylic oxidation sites excluding steroid dienone is 1. The number of rotatable bonds is 8. The monoisotopic (exact) mass is 520 g/mol. The highest BCUT2D eigenvalue weighted by molar-refractivity contribution is 6.38. The third-order valence-electron chi connectivity index (χ3n) is 7.31. The van der Waals surface area contributed by atoms with Crippen LogP contribution in [-0.4, -0.2) is 29.6 Å². The van der Waals surface area contributed by atoms with Crippen molar-refractivity contribution in [1.29, 1.82) is 0 Å². The average Bonchev–Trinajstić information content (AvgIpc) is 3.64. The topological polar surface area (TPSA) is 43.8 Å². The minimum absolute atomic E-state index is 0.701. The third-order valence-corrected chi connectivity index (χ3v) is 7.31. The predicted molar refractivity (Wildman–Crippen MR) is 170 cm³/mol. The van der Waals surface area contributed by atoms with Crippen LogP contribution >= 0.6 is 0 Å². The Morgan fingerprint density at radius 2 is 1.23 bits per heavy atom. The van der Waals surface area contributed by atoms with Gasteiger partial charge in [0.25, 0.3) is 0 Å². The van der Waals surface area contributed by atoms with Crippen molar-refractivity contribution >= 4 is 28.6 Å². The van der Waals surface area contributed by atoms with E-state index in [1.165, 1.54) is 5.69 Å². The molecule has 1 aromatic heterocycles. The van der Waals surface area contributed by atoms with Crippen LogP contribution in [0.1, 0.15) is 25.0 Å². The fraction of sp³-hybridized carbons (Fsp3) is 0.111. The third kappa shape index (κ3) is 5.16. The van der Waals surface area contributed by atoms with Gasteiger partial charge in [-0.1, -0.05) is 103 Å². The van der Waals surface area contributed by atoms with Crippen molar-refractivity contribution in [3.63, 3.8) is 0 Å². The van der Waals surface area contributed by atoms with E-state index in [1.54, 1.807) is 0 Å². The molecule has 0 saturated carbocycles. The van der Waals surface area contributed by atoms with Crippen LogP contribution in [0.15, 0.2) is 137 Å². The van der Waals surface area contributed by atoms with Gasteiger partial charge in [-0.25, -0.2) is 9.98 Å². The first-order valence-electron chi connectivity index (χ1n) is 13.9. The van der Waals surface area contributed by atoms with Gasteiger partial charge in [0.05, 0.1) is 5.71 Å². The van der Waals surface area contributed by atoms with Crippen LogP contribution in [-0.2, 0) is 0 Å². The van der Waals surface area contributed by atoms with Gasteiger partial charge >= 0.3 is 0 Å². The minimum Gasteiger partial charge on any atom is -0.372 e. The van der Waals surface area contributed by atoms with Gasteiger partial charge in [0.1, 0.15) is 5.82 Å². The molecule has 4 nitrogen and oxygen atoms in total. The molecule has 0 aliphatic carbocycles. The van der Waals surface area contributed by atoms with Crippen molar-refractivity contribution in [3.05, 3.63) is 139 Å². The van der Waals surface area contributed by atoms with E-state index in [9.17, 15) is 0 Å². The Morgan fingerprint density at radius 3 is 1.82 bits per heavy atom.